The van der Waals surface area contributed by atoms with Crippen LogP contribution in [-0.4, -0.2) is 9.55 Å². The Bertz CT molecular complexity index is 1610. The first kappa shape index (κ1) is 15.8. The summed E-state index contributed by atoms with van der Waals surface area (Å²) in [5.74, 6) is 0. The zero-order valence-corrected chi connectivity index (χ0v) is 16.0. The highest BCUT2D eigenvalue weighted by atomic mass is 16.5. The smallest absolute Gasteiger partial charge is 0.302 e. The van der Waals surface area contributed by atoms with E-state index in [1.54, 1.807) is 0 Å². The van der Waals surface area contributed by atoms with Gasteiger partial charge in [0.2, 0.25) is 0 Å². The van der Waals surface area contributed by atoms with E-state index in [9.17, 15) is 0 Å². The van der Waals surface area contributed by atoms with Gasteiger partial charge >= 0.3 is 6.01 Å². The van der Waals surface area contributed by atoms with E-state index in [1.807, 2.05) is 24.3 Å². The van der Waals surface area contributed by atoms with Gasteiger partial charge in [-0.05, 0) is 29.8 Å². The fourth-order valence-electron chi connectivity index (χ4n) is 4.52. The monoisotopic (exact) mass is 388 g/mol. The molecule has 0 bridgehead atoms. The lowest BCUT2D eigenvalue weighted by atomic mass is 10.0. The molecule has 0 fully saturated rings. The van der Waals surface area contributed by atoms with Gasteiger partial charge in [0.25, 0.3) is 0 Å². The second-order valence-electron chi connectivity index (χ2n) is 7.63. The molecule has 142 valence electrons. The molecule has 7 rings (SSSR count). The molecule has 1 aliphatic heterocycles. The summed E-state index contributed by atoms with van der Waals surface area (Å²) in [6.45, 7) is 0.546. The Hall–Kier alpha value is -4.05. The number of para-hydroxylation sites is 3. The summed E-state index contributed by atoms with van der Waals surface area (Å²) >= 11 is 0. The van der Waals surface area contributed by atoms with Crippen LogP contribution in [0.4, 0.5) is 0 Å². The molecule has 4 heteroatoms. The molecule has 2 aromatic heterocycles. The standard InChI is InChI=1S/C26H16N2O2/c1-3-10-22-17(6-1)15-29-26-27-21-14-16(12-13-23(21)28(22)26)18-8-5-9-20-19-7-2-4-11-24(19)30-25(18)20/h1-14H,15H2. The molecular weight excluding hydrogens is 372 g/mol. The number of hydrogen-bond acceptors (Lipinski definition) is 3. The SMILES string of the molecule is c1ccc2c(c1)COc1nc3cc(-c4cccc5c4oc4ccccc45)ccc3n1-2. The number of furan rings is 1. The van der Waals surface area contributed by atoms with Crippen LogP contribution in [0.3, 0.4) is 0 Å². The Morgan fingerprint density at radius 3 is 2.67 bits per heavy atom. The van der Waals surface area contributed by atoms with Gasteiger partial charge in [-0.1, -0.05) is 60.7 Å². The number of rotatable bonds is 1. The number of ether oxygens (including phenoxy) is 1. The maximum absolute atomic E-state index is 6.23. The fourth-order valence-corrected chi connectivity index (χ4v) is 4.52. The maximum Gasteiger partial charge on any atom is 0.302 e. The summed E-state index contributed by atoms with van der Waals surface area (Å²) in [5.41, 5.74) is 8.21. The van der Waals surface area contributed by atoms with Crippen molar-refractivity contribution in [2.75, 3.05) is 0 Å². The number of fused-ring (bicyclic) bond motifs is 8. The van der Waals surface area contributed by atoms with Crippen LogP contribution in [-0.2, 0) is 6.61 Å². The van der Waals surface area contributed by atoms with Gasteiger partial charge in [0, 0.05) is 21.9 Å². The lowest BCUT2D eigenvalue weighted by Crippen LogP contribution is -2.11. The van der Waals surface area contributed by atoms with Crippen LogP contribution < -0.4 is 4.74 Å². The number of nitrogens with zero attached hydrogens (tertiary/aromatic N) is 2. The van der Waals surface area contributed by atoms with Crippen LogP contribution in [0.1, 0.15) is 5.56 Å². The second kappa shape index (κ2) is 5.74. The average Bonchev–Trinajstić information content (AvgIpc) is 3.37. The zero-order chi connectivity index (χ0) is 19.7. The molecule has 3 heterocycles. The number of hydrogen-bond donors (Lipinski definition) is 0. The first-order chi connectivity index (χ1) is 14.9. The topological polar surface area (TPSA) is 40.2 Å². The van der Waals surface area contributed by atoms with Crippen molar-refractivity contribution in [2.45, 2.75) is 6.61 Å². The summed E-state index contributed by atoms with van der Waals surface area (Å²) in [6.07, 6.45) is 0. The van der Waals surface area contributed by atoms with E-state index >= 15 is 0 Å². The Morgan fingerprint density at radius 1 is 0.800 bits per heavy atom. The molecule has 1 aliphatic rings. The minimum atomic E-state index is 0.546. The van der Waals surface area contributed by atoms with Crippen LogP contribution in [0.5, 0.6) is 6.01 Å². The summed E-state index contributed by atoms with van der Waals surface area (Å²) in [6, 6.07) is 29.8. The lowest BCUT2D eigenvalue weighted by molar-refractivity contribution is 0.265. The average molecular weight is 388 g/mol. The van der Waals surface area contributed by atoms with Crippen LogP contribution in [0.25, 0.3) is 49.8 Å². The first-order valence-corrected chi connectivity index (χ1v) is 10.0. The van der Waals surface area contributed by atoms with Crippen molar-refractivity contribution in [3.63, 3.8) is 0 Å². The predicted molar refractivity (Wildman–Crippen MR) is 118 cm³/mol. The highest BCUT2D eigenvalue weighted by molar-refractivity contribution is 6.09. The maximum atomic E-state index is 6.23. The Kier molecular flexibility index (Phi) is 3.03. The van der Waals surface area contributed by atoms with Crippen LogP contribution in [0, 0.1) is 0 Å². The highest BCUT2D eigenvalue weighted by Crippen LogP contribution is 2.38. The Morgan fingerprint density at radius 2 is 1.67 bits per heavy atom. The van der Waals surface area contributed by atoms with Gasteiger partial charge in [0.15, 0.2) is 0 Å². The largest absolute Gasteiger partial charge is 0.459 e. The summed E-state index contributed by atoms with van der Waals surface area (Å²) in [4.78, 5) is 4.77. The molecular formula is C26H16N2O2. The fraction of sp³-hybridized carbons (Fsp3) is 0.0385. The molecule has 6 aromatic rings. The van der Waals surface area contributed by atoms with Gasteiger partial charge in [0.1, 0.15) is 17.8 Å². The molecule has 0 unspecified atom stereocenters. The Labute approximate surface area is 171 Å². The summed E-state index contributed by atoms with van der Waals surface area (Å²) < 4.78 is 14.2. The molecule has 4 aromatic carbocycles. The lowest BCUT2D eigenvalue weighted by Gasteiger charge is -2.19. The molecule has 0 spiro atoms. The van der Waals surface area contributed by atoms with Crippen molar-refractivity contribution in [3.8, 4) is 22.8 Å². The van der Waals surface area contributed by atoms with Crippen LogP contribution in [0.2, 0.25) is 0 Å². The molecule has 0 atom stereocenters. The predicted octanol–water partition coefficient (Wildman–Crippen LogP) is 6.48. The minimum absolute atomic E-state index is 0.546. The normalized spacial score (nSPS) is 12.8. The van der Waals surface area contributed by atoms with Crippen molar-refractivity contribution in [1.82, 2.24) is 9.55 Å². The van der Waals surface area contributed by atoms with Crippen LogP contribution >= 0.6 is 0 Å². The van der Waals surface area contributed by atoms with E-state index in [0.717, 1.165) is 49.8 Å². The van der Waals surface area contributed by atoms with E-state index in [1.165, 1.54) is 5.56 Å². The second-order valence-corrected chi connectivity index (χ2v) is 7.63. The van der Waals surface area contributed by atoms with E-state index < -0.39 is 0 Å². The zero-order valence-electron chi connectivity index (χ0n) is 16.0. The molecule has 0 amide bonds. The van der Waals surface area contributed by atoms with Crippen molar-refractivity contribution < 1.29 is 9.15 Å². The molecule has 30 heavy (non-hydrogen) atoms. The third-order valence-electron chi connectivity index (χ3n) is 5.93. The Balaban J connectivity index is 1.46. The molecule has 0 aliphatic carbocycles. The number of benzene rings is 4. The minimum Gasteiger partial charge on any atom is -0.459 e. The third-order valence-corrected chi connectivity index (χ3v) is 5.93. The molecule has 4 nitrogen and oxygen atoms in total. The van der Waals surface area contributed by atoms with Gasteiger partial charge in [-0.3, -0.25) is 4.57 Å². The summed E-state index contributed by atoms with van der Waals surface area (Å²) in [7, 11) is 0. The van der Waals surface area contributed by atoms with E-state index in [-0.39, 0.29) is 0 Å². The van der Waals surface area contributed by atoms with Crippen molar-refractivity contribution in [2.24, 2.45) is 0 Å². The van der Waals surface area contributed by atoms with E-state index in [0.29, 0.717) is 12.6 Å². The van der Waals surface area contributed by atoms with Crippen molar-refractivity contribution in [1.29, 1.82) is 0 Å². The van der Waals surface area contributed by atoms with Gasteiger partial charge in [0.05, 0.1) is 16.7 Å². The molecule has 0 saturated heterocycles. The number of aromatic nitrogens is 2. The van der Waals surface area contributed by atoms with Gasteiger partial charge in [-0.2, -0.15) is 4.98 Å². The van der Waals surface area contributed by atoms with Gasteiger partial charge in [-0.15, -0.1) is 0 Å². The van der Waals surface area contributed by atoms with Crippen molar-refractivity contribution in [3.05, 3.63) is 90.5 Å². The van der Waals surface area contributed by atoms with Gasteiger partial charge in [-0.25, -0.2) is 0 Å². The van der Waals surface area contributed by atoms with Gasteiger partial charge < -0.3 is 9.15 Å². The third kappa shape index (κ3) is 2.08. The first-order valence-electron chi connectivity index (χ1n) is 10.0. The molecule has 0 saturated carbocycles. The molecule has 0 radical (unpaired) electrons. The van der Waals surface area contributed by atoms with Crippen LogP contribution in [0.15, 0.2) is 89.3 Å². The van der Waals surface area contributed by atoms with E-state index in [2.05, 4.69) is 65.2 Å². The quantitative estimate of drug-likeness (QED) is 0.323. The summed E-state index contributed by atoms with van der Waals surface area (Å²) in [5, 5.41) is 2.27. The molecule has 0 N–H and O–H groups in total. The number of imidazole rings is 1. The van der Waals surface area contributed by atoms with Crippen molar-refractivity contribution >= 4 is 33.0 Å². The highest BCUT2D eigenvalue weighted by Gasteiger charge is 2.21. The van der Waals surface area contributed by atoms with E-state index in [4.69, 9.17) is 14.1 Å².